The Kier molecular flexibility index (Phi) is 6.37. The third kappa shape index (κ3) is 4.64. The van der Waals surface area contributed by atoms with Crippen LogP contribution < -0.4 is 9.47 Å². The molecule has 0 aliphatic heterocycles. The summed E-state index contributed by atoms with van der Waals surface area (Å²) in [7, 11) is 1.67. The van der Waals surface area contributed by atoms with E-state index in [2.05, 4.69) is 54.0 Å². The Morgan fingerprint density at radius 2 is 1.77 bits per heavy atom. The molecule has 1 heterocycles. The molecule has 158 valence electrons. The number of imidazole rings is 1. The molecule has 0 saturated heterocycles. The first-order valence-corrected chi connectivity index (χ1v) is 10.7. The second-order valence-corrected chi connectivity index (χ2v) is 7.55. The third-order valence-electron chi connectivity index (χ3n) is 5.29. The lowest BCUT2D eigenvalue weighted by Crippen LogP contribution is -2.06. The van der Waals surface area contributed by atoms with Gasteiger partial charge in [0.15, 0.2) is 11.5 Å². The van der Waals surface area contributed by atoms with Gasteiger partial charge in [0.05, 0.1) is 24.8 Å². The van der Waals surface area contributed by atoms with E-state index in [4.69, 9.17) is 14.5 Å². The van der Waals surface area contributed by atoms with E-state index < -0.39 is 0 Å². The average Bonchev–Trinajstić information content (AvgIpc) is 3.16. The number of aryl methyl sites for hydroxylation is 2. The monoisotopic (exact) mass is 412 g/mol. The molecule has 4 aromatic rings. The Hall–Kier alpha value is -3.53. The molecule has 0 atom stereocenters. The minimum atomic E-state index is 0.596. The Bertz CT molecular complexity index is 1190. The lowest BCUT2D eigenvalue weighted by Gasteiger charge is -2.13. The zero-order valence-corrected chi connectivity index (χ0v) is 18.3. The van der Waals surface area contributed by atoms with Gasteiger partial charge in [0.2, 0.25) is 0 Å². The molecule has 3 aromatic carbocycles. The highest BCUT2D eigenvalue weighted by Gasteiger charge is 2.12. The Balaban J connectivity index is 1.51. The second-order valence-electron chi connectivity index (χ2n) is 7.55. The zero-order valence-electron chi connectivity index (χ0n) is 18.3. The molecule has 0 unspecified atom stereocenters. The number of hydrogen-bond acceptors (Lipinski definition) is 3. The van der Waals surface area contributed by atoms with E-state index in [9.17, 15) is 0 Å². The van der Waals surface area contributed by atoms with Crippen molar-refractivity contribution in [1.82, 2.24) is 9.55 Å². The highest BCUT2D eigenvalue weighted by atomic mass is 16.5. The second kappa shape index (κ2) is 9.52. The van der Waals surface area contributed by atoms with Crippen LogP contribution in [0, 0.1) is 6.92 Å². The predicted molar refractivity (Wildman–Crippen MR) is 128 cm³/mol. The molecule has 0 spiro atoms. The summed E-state index contributed by atoms with van der Waals surface area (Å²) in [5, 5.41) is 0. The van der Waals surface area contributed by atoms with Crippen molar-refractivity contribution < 1.29 is 9.47 Å². The van der Waals surface area contributed by atoms with E-state index in [0.717, 1.165) is 52.4 Å². The van der Waals surface area contributed by atoms with E-state index in [1.165, 1.54) is 5.56 Å². The minimum absolute atomic E-state index is 0.596. The van der Waals surface area contributed by atoms with Crippen LogP contribution in [0.2, 0.25) is 0 Å². The minimum Gasteiger partial charge on any atom is -0.493 e. The molecule has 4 heteroatoms. The number of methoxy groups -OCH3 is 1. The molecule has 0 bridgehead atoms. The molecule has 0 radical (unpaired) electrons. The zero-order chi connectivity index (χ0) is 21.6. The Labute approximate surface area is 183 Å². The highest BCUT2D eigenvalue weighted by molar-refractivity contribution is 5.80. The first-order valence-electron chi connectivity index (χ1n) is 10.7. The van der Waals surface area contributed by atoms with Crippen molar-refractivity contribution in [1.29, 1.82) is 0 Å². The van der Waals surface area contributed by atoms with Crippen LogP contribution >= 0.6 is 0 Å². The molecule has 31 heavy (non-hydrogen) atoms. The predicted octanol–water partition coefficient (Wildman–Crippen LogP) is 6.52. The number of para-hydroxylation sites is 2. The average molecular weight is 413 g/mol. The van der Waals surface area contributed by atoms with Crippen LogP contribution in [0.4, 0.5) is 0 Å². The summed E-state index contributed by atoms with van der Waals surface area (Å²) in [6.45, 7) is 5.52. The van der Waals surface area contributed by atoms with Gasteiger partial charge >= 0.3 is 0 Å². The van der Waals surface area contributed by atoms with Crippen molar-refractivity contribution in [2.75, 3.05) is 13.7 Å². The lowest BCUT2D eigenvalue weighted by atomic mass is 10.1. The van der Waals surface area contributed by atoms with E-state index in [-0.39, 0.29) is 0 Å². The number of rotatable bonds is 8. The number of allylic oxidation sites excluding steroid dienone is 1. The molecule has 0 saturated carbocycles. The number of fused-ring (bicyclic) bond motifs is 1. The van der Waals surface area contributed by atoms with Crippen molar-refractivity contribution in [3.8, 4) is 22.9 Å². The fourth-order valence-corrected chi connectivity index (χ4v) is 3.73. The molecule has 4 nitrogen and oxygen atoms in total. The summed E-state index contributed by atoms with van der Waals surface area (Å²) in [4.78, 5) is 4.90. The first kappa shape index (κ1) is 20.7. The van der Waals surface area contributed by atoms with Crippen LogP contribution in [0.3, 0.4) is 0 Å². The quantitative estimate of drug-likeness (QED) is 0.309. The molecule has 4 rings (SSSR count). The van der Waals surface area contributed by atoms with Crippen LogP contribution in [0.1, 0.15) is 24.5 Å². The summed E-state index contributed by atoms with van der Waals surface area (Å²) >= 11 is 0. The number of hydrogen-bond donors (Lipinski definition) is 0. The van der Waals surface area contributed by atoms with E-state index >= 15 is 0 Å². The summed E-state index contributed by atoms with van der Waals surface area (Å²) in [5.41, 5.74) is 5.63. The molecule has 0 fully saturated rings. The maximum atomic E-state index is 6.05. The van der Waals surface area contributed by atoms with Crippen LogP contribution in [-0.2, 0) is 6.54 Å². The number of aromatic nitrogens is 2. The van der Waals surface area contributed by atoms with Gasteiger partial charge in [-0.05, 0) is 50.1 Å². The van der Waals surface area contributed by atoms with Gasteiger partial charge in [0.25, 0.3) is 0 Å². The van der Waals surface area contributed by atoms with E-state index in [1.54, 1.807) is 7.11 Å². The standard InChI is InChI=1S/C27H28N2O2/c1-4-8-21-13-16-25(26(19-21)30-3)31-18-7-17-29-24-10-6-5-9-23(24)28-27(29)22-14-11-20(2)12-15-22/h4-6,8-16,19H,7,17-18H2,1-3H3/b8-4+. The van der Waals surface area contributed by atoms with Crippen LogP contribution in [0.5, 0.6) is 11.5 Å². The molecular weight excluding hydrogens is 384 g/mol. The maximum absolute atomic E-state index is 6.05. The van der Waals surface area contributed by atoms with Gasteiger partial charge in [-0.2, -0.15) is 0 Å². The van der Waals surface area contributed by atoms with Crippen LogP contribution in [0.15, 0.2) is 72.8 Å². The van der Waals surface area contributed by atoms with Gasteiger partial charge in [-0.15, -0.1) is 0 Å². The Morgan fingerprint density at radius 3 is 2.55 bits per heavy atom. The molecule has 0 amide bonds. The lowest BCUT2D eigenvalue weighted by molar-refractivity contribution is 0.283. The van der Waals surface area contributed by atoms with Gasteiger partial charge < -0.3 is 14.0 Å². The number of nitrogens with zero attached hydrogens (tertiary/aromatic N) is 2. The fourth-order valence-electron chi connectivity index (χ4n) is 3.73. The number of ether oxygens (including phenoxy) is 2. The van der Waals surface area contributed by atoms with Crippen LogP contribution in [0.25, 0.3) is 28.5 Å². The van der Waals surface area contributed by atoms with Gasteiger partial charge in [-0.25, -0.2) is 4.98 Å². The fraction of sp³-hybridized carbons (Fsp3) is 0.222. The van der Waals surface area contributed by atoms with Gasteiger partial charge in [-0.3, -0.25) is 0 Å². The topological polar surface area (TPSA) is 36.3 Å². The number of benzene rings is 3. The maximum Gasteiger partial charge on any atom is 0.161 e. The third-order valence-corrected chi connectivity index (χ3v) is 5.29. The van der Waals surface area contributed by atoms with E-state index in [1.807, 2.05) is 43.3 Å². The molecule has 1 aromatic heterocycles. The summed E-state index contributed by atoms with van der Waals surface area (Å²) in [6.07, 6.45) is 4.92. The van der Waals surface area contributed by atoms with Crippen molar-refractivity contribution >= 4 is 17.1 Å². The smallest absolute Gasteiger partial charge is 0.161 e. The van der Waals surface area contributed by atoms with Crippen molar-refractivity contribution in [3.63, 3.8) is 0 Å². The van der Waals surface area contributed by atoms with E-state index in [0.29, 0.717) is 6.61 Å². The highest BCUT2D eigenvalue weighted by Crippen LogP contribution is 2.29. The van der Waals surface area contributed by atoms with Crippen molar-refractivity contribution in [3.05, 3.63) is 83.9 Å². The molecule has 0 aliphatic rings. The summed E-state index contributed by atoms with van der Waals surface area (Å²) in [5.74, 6) is 2.52. The van der Waals surface area contributed by atoms with Gasteiger partial charge in [0, 0.05) is 12.1 Å². The molecule has 0 aliphatic carbocycles. The summed E-state index contributed by atoms with van der Waals surface area (Å²) in [6, 6.07) is 22.8. The molecule has 0 N–H and O–H groups in total. The van der Waals surface area contributed by atoms with Crippen molar-refractivity contribution in [2.45, 2.75) is 26.8 Å². The van der Waals surface area contributed by atoms with Crippen LogP contribution in [-0.4, -0.2) is 23.3 Å². The van der Waals surface area contributed by atoms with Gasteiger partial charge in [-0.1, -0.05) is 60.2 Å². The normalized spacial score (nSPS) is 11.3. The SMILES string of the molecule is C/C=C/c1ccc(OCCCn2c(-c3ccc(C)cc3)nc3ccccc32)c(OC)c1. The summed E-state index contributed by atoms with van der Waals surface area (Å²) < 4.78 is 13.8. The first-order chi connectivity index (χ1) is 15.2. The Morgan fingerprint density at radius 1 is 0.968 bits per heavy atom. The largest absolute Gasteiger partial charge is 0.493 e. The van der Waals surface area contributed by atoms with Crippen molar-refractivity contribution in [2.24, 2.45) is 0 Å². The molecular formula is C27H28N2O2. The van der Waals surface area contributed by atoms with Gasteiger partial charge in [0.1, 0.15) is 5.82 Å².